The highest BCUT2D eigenvalue weighted by Crippen LogP contribution is 2.12. The van der Waals surface area contributed by atoms with E-state index in [-0.39, 0.29) is 13.2 Å². The number of carbonyl (C=O) groups excluding carboxylic acids is 2. The summed E-state index contributed by atoms with van der Waals surface area (Å²) in [4.78, 5) is 23.2. The molecule has 4 heteroatoms. The number of esters is 2. The Morgan fingerprint density at radius 3 is 1.94 bits per heavy atom. The molecule has 0 rings (SSSR count). The van der Waals surface area contributed by atoms with E-state index in [9.17, 15) is 9.59 Å². The van der Waals surface area contributed by atoms with Gasteiger partial charge in [-0.25, -0.2) is 0 Å². The Bertz CT molecular complexity index is 240. The zero-order chi connectivity index (χ0) is 13.1. The Morgan fingerprint density at radius 1 is 1.00 bits per heavy atom. The van der Waals surface area contributed by atoms with Crippen LogP contribution in [0.1, 0.15) is 40.0 Å². The molecule has 0 aromatic heterocycles. The van der Waals surface area contributed by atoms with E-state index in [1.54, 1.807) is 13.8 Å². The normalized spacial score (nSPS) is 10.8. The van der Waals surface area contributed by atoms with Gasteiger partial charge in [0.1, 0.15) is 0 Å². The lowest BCUT2D eigenvalue weighted by atomic mass is 10.0. The molecule has 0 bridgehead atoms. The molecule has 0 saturated heterocycles. The van der Waals surface area contributed by atoms with Crippen LogP contribution in [-0.2, 0) is 19.1 Å². The Morgan fingerprint density at radius 2 is 1.53 bits per heavy atom. The number of hydrogen-bond donors (Lipinski definition) is 0. The third-order valence-electron chi connectivity index (χ3n) is 2.17. The second-order valence-corrected chi connectivity index (χ2v) is 3.51. The lowest BCUT2D eigenvalue weighted by Crippen LogP contribution is -2.28. The lowest BCUT2D eigenvalue weighted by Gasteiger charge is -2.13. The van der Waals surface area contributed by atoms with Crippen molar-refractivity contribution < 1.29 is 19.1 Å². The van der Waals surface area contributed by atoms with Gasteiger partial charge in [0.05, 0.1) is 13.2 Å². The second-order valence-electron chi connectivity index (χ2n) is 3.51. The largest absolute Gasteiger partial charge is 0.465 e. The summed E-state index contributed by atoms with van der Waals surface area (Å²) in [7, 11) is 0. The predicted molar refractivity (Wildman–Crippen MR) is 65.4 cm³/mol. The van der Waals surface area contributed by atoms with Crippen LogP contribution in [0.5, 0.6) is 0 Å². The second kappa shape index (κ2) is 9.87. The molecule has 0 amide bonds. The summed E-state index contributed by atoms with van der Waals surface area (Å²) >= 11 is 0. The monoisotopic (exact) mass is 242 g/mol. The van der Waals surface area contributed by atoms with Gasteiger partial charge in [-0.1, -0.05) is 19.1 Å². The maximum absolute atomic E-state index is 11.6. The highest BCUT2D eigenvalue weighted by Gasteiger charge is 2.28. The van der Waals surface area contributed by atoms with Gasteiger partial charge in [0, 0.05) is 0 Å². The minimum Gasteiger partial charge on any atom is -0.465 e. The van der Waals surface area contributed by atoms with Crippen molar-refractivity contribution in [3.8, 4) is 0 Å². The molecule has 0 fully saturated rings. The maximum atomic E-state index is 11.6. The molecule has 0 heterocycles. The van der Waals surface area contributed by atoms with Gasteiger partial charge in [0.15, 0.2) is 5.92 Å². The first kappa shape index (κ1) is 15.7. The molecule has 0 aromatic carbocycles. The molecule has 0 aliphatic rings. The summed E-state index contributed by atoms with van der Waals surface area (Å²) in [5.41, 5.74) is 0. The van der Waals surface area contributed by atoms with Crippen molar-refractivity contribution in [1.82, 2.24) is 0 Å². The fourth-order valence-corrected chi connectivity index (χ4v) is 1.37. The Labute approximate surface area is 103 Å². The summed E-state index contributed by atoms with van der Waals surface area (Å²) in [5, 5.41) is 0. The van der Waals surface area contributed by atoms with Gasteiger partial charge in [0.2, 0.25) is 0 Å². The van der Waals surface area contributed by atoms with Crippen LogP contribution in [0.4, 0.5) is 0 Å². The van der Waals surface area contributed by atoms with Crippen LogP contribution in [-0.4, -0.2) is 25.2 Å². The first-order chi connectivity index (χ1) is 8.17. The van der Waals surface area contributed by atoms with Crippen LogP contribution < -0.4 is 0 Å². The van der Waals surface area contributed by atoms with Crippen molar-refractivity contribution in [2.45, 2.75) is 40.0 Å². The molecule has 0 aliphatic heterocycles. The van der Waals surface area contributed by atoms with Gasteiger partial charge in [-0.15, -0.1) is 0 Å². The SMILES string of the molecule is CC/C=C\CCC(C(=O)OCC)C(=O)OCC. The van der Waals surface area contributed by atoms with Crippen LogP contribution >= 0.6 is 0 Å². The molecule has 0 unspecified atom stereocenters. The summed E-state index contributed by atoms with van der Waals surface area (Å²) in [6, 6.07) is 0. The van der Waals surface area contributed by atoms with E-state index >= 15 is 0 Å². The standard InChI is InChI=1S/C13H22O4/c1-4-7-8-9-10-11(12(14)16-5-2)13(15)17-6-3/h7-8,11H,4-6,9-10H2,1-3H3/b8-7-. The summed E-state index contributed by atoms with van der Waals surface area (Å²) in [6.07, 6.45) is 6.03. The first-order valence-corrected chi connectivity index (χ1v) is 6.15. The van der Waals surface area contributed by atoms with Crippen LogP contribution in [0.15, 0.2) is 12.2 Å². The number of rotatable bonds is 8. The maximum Gasteiger partial charge on any atom is 0.320 e. The van der Waals surface area contributed by atoms with Crippen LogP contribution in [0.25, 0.3) is 0 Å². The fourth-order valence-electron chi connectivity index (χ4n) is 1.37. The van der Waals surface area contributed by atoms with Crippen LogP contribution in [0, 0.1) is 5.92 Å². The van der Waals surface area contributed by atoms with Crippen molar-refractivity contribution >= 4 is 11.9 Å². The lowest BCUT2D eigenvalue weighted by molar-refractivity contribution is -0.161. The minimum absolute atomic E-state index is 0.277. The predicted octanol–water partition coefficient (Wildman–Crippen LogP) is 2.48. The van der Waals surface area contributed by atoms with Crippen molar-refractivity contribution in [2.24, 2.45) is 5.92 Å². The van der Waals surface area contributed by atoms with Gasteiger partial charge < -0.3 is 9.47 Å². The van der Waals surface area contributed by atoms with Gasteiger partial charge >= 0.3 is 11.9 Å². The van der Waals surface area contributed by atoms with Crippen molar-refractivity contribution in [2.75, 3.05) is 13.2 Å². The Kier molecular flexibility index (Phi) is 9.11. The van der Waals surface area contributed by atoms with E-state index in [2.05, 4.69) is 0 Å². The number of ether oxygens (including phenoxy) is 2. The molecule has 0 radical (unpaired) electrons. The molecule has 0 spiro atoms. The van der Waals surface area contributed by atoms with Crippen LogP contribution in [0.2, 0.25) is 0 Å². The topological polar surface area (TPSA) is 52.6 Å². The van der Waals surface area contributed by atoms with Gasteiger partial charge in [-0.05, 0) is 33.1 Å². The van der Waals surface area contributed by atoms with Gasteiger partial charge in [0.25, 0.3) is 0 Å². The van der Waals surface area contributed by atoms with E-state index < -0.39 is 17.9 Å². The molecule has 0 aromatic rings. The third-order valence-corrected chi connectivity index (χ3v) is 2.17. The molecule has 4 nitrogen and oxygen atoms in total. The van der Waals surface area contributed by atoms with Gasteiger partial charge in [-0.3, -0.25) is 9.59 Å². The third kappa shape index (κ3) is 6.76. The Hall–Kier alpha value is -1.32. The van der Waals surface area contributed by atoms with Crippen LogP contribution in [0.3, 0.4) is 0 Å². The zero-order valence-corrected chi connectivity index (χ0v) is 10.9. The highest BCUT2D eigenvalue weighted by atomic mass is 16.6. The minimum atomic E-state index is -0.795. The zero-order valence-electron chi connectivity index (χ0n) is 10.9. The van der Waals surface area contributed by atoms with E-state index in [0.717, 1.165) is 6.42 Å². The average Bonchev–Trinajstić information content (AvgIpc) is 2.29. The number of carbonyl (C=O) groups is 2. The molecule has 0 saturated carbocycles. The van der Waals surface area contributed by atoms with Crippen molar-refractivity contribution in [1.29, 1.82) is 0 Å². The highest BCUT2D eigenvalue weighted by molar-refractivity contribution is 5.94. The molecular formula is C13H22O4. The van der Waals surface area contributed by atoms with Crippen molar-refractivity contribution in [3.05, 3.63) is 12.2 Å². The van der Waals surface area contributed by atoms with Gasteiger partial charge in [-0.2, -0.15) is 0 Å². The van der Waals surface area contributed by atoms with E-state index in [4.69, 9.17) is 9.47 Å². The van der Waals surface area contributed by atoms with E-state index in [1.165, 1.54) is 0 Å². The summed E-state index contributed by atoms with van der Waals surface area (Å²) in [6.45, 7) is 6.03. The molecule has 0 aliphatic carbocycles. The number of allylic oxidation sites excluding steroid dienone is 2. The van der Waals surface area contributed by atoms with E-state index in [1.807, 2.05) is 19.1 Å². The summed E-state index contributed by atoms with van der Waals surface area (Å²) < 4.78 is 9.73. The quantitative estimate of drug-likeness (QED) is 0.373. The number of hydrogen-bond acceptors (Lipinski definition) is 4. The molecule has 98 valence electrons. The van der Waals surface area contributed by atoms with Crippen molar-refractivity contribution in [3.63, 3.8) is 0 Å². The molecule has 17 heavy (non-hydrogen) atoms. The fraction of sp³-hybridized carbons (Fsp3) is 0.692. The smallest absolute Gasteiger partial charge is 0.320 e. The summed E-state index contributed by atoms with van der Waals surface area (Å²) in [5.74, 6) is -1.77. The molecular weight excluding hydrogens is 220 g/mol. The molecule has 0 atom stereocenters. The first-order valence-electron chi connectivity index (χ1n) is 6.15. The van der Waals surface area contributed by atoms with E-state index in [0.29, 0.717) is 12.8 Å². The Balaban J connectivity index is 4.34. The molecule has 0 N–H and O–H groups in total. The average molecular weight is 242 g/mol.